The molecule has 0 radical (unpaired) electrons. The second kappa shape index (κ2) is 7.10. The van der Waals surface area contributed by atoms with Gasteiger partial charge in [0.15, 0.2) is 0 Å². The summed E-state index contributed by atoms with van der Waals surface area (Å²) in [6.07, 6.45) is 0. The zero-order chi connectivity index (χ0) is 17.8. The van der Waals surface area contributed by atoms with Crippen molar-refractivity contribution in [3.05, 3.63) is 75.1 Å². The molecule has 2 aromatic carbocycles. The molecule has 1 aromatic heterocycles. The number of carbonyl (C=O) groups excluding carboxylic acids is 1. The van der Waals surface area contributed by atoms with E-state index in [1.165, 1.54) is 24.3 Å². The predicted molar refractivity (Wildman–Crippen MR) is 89.0 cm³/mol. The molecule has 0 atom stereocenters. The van der Waals surface area contributed by atoms with Gasteiger partial charge < -0.3 is 9.84 Å². The van der Waals surface area contributed by atoms with Crippen LogP contribution in [0, 0.1) is 10.1 Å². The van der Waals surface area contributed by atoms with E-state index >= 15 is 0 Å². The predicted octanol–water partition coefficient (Wildman–Crippen LogP) is 3.23. The Balaban J connectivity index is 1.66. The van der Waals surface area contributed by atoms with Gasteiger partial charge in [0.05, 0.1) is 11.5 Å². The number of halogens is 1. The first-order valence-corrected chi connectivity index (χ1v) is 7.52. The molecule has 0 bridgehead atoms. The molecule has 1 amide bonds. The minimum atomic E-state index is -0.562. The largest absolute Gasteiger partial charge is 0.343 e. The highest BCUT2D eigenvalue weighted by atomic mass is 35.5. The Morgan fingerprint density at radius 2 is 2.00 bits per heavy atom. The molecule has 0 spiro atoms. The molecule has 0 saturated carbocycles. The first kappa shape index (κ1) is 16.6. The molecule has 1 heterocycles. The zero-order valence-corrected chi connectivity index (χ0v) is 13.4. The molecule has 0 unspecified atom stereocenters. The summed E-state index contributed by atoms with van der Waals surface area (Å²) >= 11 is 5.82. The Hall–Kier alpha value is -3.26. The summed E-state index contributed by atoms with van der Waals surface area (Å²) in [5, 5.41) is 17.8. The Morgan fingerprint density at radius 1 is 1.24 bits per heavy atom. The molecule has 25 heavy (non-hydrogen) atoms. The number of non-ortho nitro benzene ring substituents is 1. The maximum absolute atomic E-state index is 12.1. The summed E-state index contributed by atoms with van der Waals surface area (Å²) in [6, 6.07) is 12.3. The SMILES string of the molecule is O=C(NCc1nc(-c2ccc(Cl)cc2)no1)c1cccc([N+](=O)[O-])c1. The molecule has 3 aromatic rings. The number of rotatable bonds is 5. The maximum atomic E-state index is 12.1. The molecule has 0 fully saturated rings. The molecule has 0 aliphatic rings. The van der Waals surface area contributed by atoms with Crippen molar-refractivity contribution in [1.29, 1.82) is 0 Å². The third kappa shape index (κ3) is 3.99. The summed E-state index contributed by atoms with van der Waals surface area (Å²) in [6.45, 7) is 0.00210. The molecule has 0 saturated heterocycles. The molecule has 0 aliphatic carbocycles. The number of amides is 1. The second-order valence-electron chi connectivity index (χ2n) is 5.01. The van der Waals surface area contributed by atoms with Crippen LogP contribution in [-0.2, 0) is 6.54 Å². The van der Waals surface area contributed by atoms with Crippen LogP contribution in [0.1, 0.15) is 16.2 Å². The molecular formula is C16H11ClN4O4. The van der Waals surface area contributed by atoms with Gasteiger partial charge in [-0.2, -0.15) is 4.98 Å². The summed E-state index contributed by atoms with van der Waals surface area (Å²) < 4.78 is 5.08. The topological polar surface area (TPSA) is 111 Å². The number of aromatic nitrogens is 2. The van der Waals surface area contributed by atoms with Crippen LogP contribution in [0.15, 0.2) is 53.1 Å². The van der Waals surface area contributed by atoms with Gasteiger partial charge in [-0.3, -0.25) is 14.9 Å². The molecule has 8 nitrogen and oxygen atoms in total. The van der Waals surface area contributed by atoms with Crippen LogP contribution >= 0.6 is 11.6 Å². The summed E-state index contributed by atoms with van der Waals surface area (Å²) in [7, 11) is 0. The van der Waals surface area contributed by atoms with Crippen molar-refractivity contribution in [1.82, 2.24) is 15.5 Å². The minimum Gasteiger partial charge on any atom is -0.343 e. The smallest absolute Gasteiger partial charge is 0.270 e. The Bertz CT molecular complexity index is 924. The van der Waals surface area contributed by atoms with Gasteiger partial charge >= 0.3 is 0 Å². The fourth-order valence-corrected chi connectivity index (χ4v) is 2.19. The van der Waals surface area contributed by atoms with Gasteiger partial charge in [0.2, 0.25) is 11.7 Å². The van der Waals surface area contributed by atoms with Gasteiger partial charge in [0.25, 0.3) is 11.6 Å². The van der Waals surface area contributed by atoms with Crippen molar-refractivity contribution in [3.8, 4) is 11.4 Å². The van der Waals surface area contributed by atoms with E-state index in [2.05, 4.69) is 15.5 Å². The standard InChI is InChI=1S/C16H11ClN4O4/c17-12-6-4-10(5-7-12)15-19-14(25-20-15)9-18-16(22)11-2-1-3-13(8-11)21(23)24/h1-8H,9H2,(H,18,22). The van der Waals surface area contributed by atoms with Crippen LogP contribution in [0.5, 0.6) is 0 Å². The number of nitrogens with one attached hydrogen (secondary N) is 1. The Kier molecular flexibility index (Phi) is 4.71. The quantitative estimate of drug-likeness (QED) is 0.553. The third-order valence-corrected chi connectivity index (χ3v) is 3.54. The van der Waals surface area contributed by atoms with Crippen molar-refractivity contribution in [3.63, 3.8) is 0 Å². The highest BCUT2D eigenvalue weighted by Crippen LogP contribution is 2.18. The molecule has 1 N–H and O–H groups in total. The van der Waals surface area contributed by atoms with Crippen molar-refractivity contribution < 1.29 is 14.2 Å². The van der Waals surface area contributed by atoms with Crippen LogP contribution < -0.4 is 5.32 Å². The van der Waals surface area contributed by atoms with Gasteiger partial charge in [-0.05, 0) is 30.3 Å². The fraction of sp³-hybridized carbons (Fsp3) is 0.0625. The van der Waals surface area contributed by atoms with Gasteiger partial charge in [-0.25, -0.2) is 0 Å². The van der Waals surface area contributed by atoms with Gasteiger partial charge in [0.1, 0.15) is 0 Å². The number of nitro groups is 1. The average Bonchev–Trinajstić information content (AvgIpc) is 3.09. The van der Waals surface area contributed by atoms with E-state index in [9.17, 15) is 14.9 Å². The highest BCUT2D eigenvalue weighted by molar-refractivity contribution is 6.30. The minimum absolute atomic E-state index is 0.00210. The van der Waals surface area contributed by atoms with Crippen LogP contribution in [-0.4, -0.2) is 21.0 Å². The lowest BCUT2D eigenvalue weighted by Gasteiger charge is -2.02. The number of hydrogen-bond donors (Lipinski definition) is 1. The lowest BCUT2D eigenvalue weighted by atomic mass is 10.2. The monoisotopic (exact) mass is 358 g/mol. The number of carbonyl (C=O) groups is 1. The van der Waals surface area contributed by atoms with Crippen LogP contribution in [0.2, 0.25) is 5.02 Å². The number of nitrogens with zero attached hydrogens (tertiary/aromatic N) is 3. The summed E-state index contributed by atoms with van der Waals surface area (Å²) in [5.41, 5.74) is 0.742. The molecule has 3 rings (SSSR count). The van der Waals surface area contributed by atoms with E-state index in [1.54, 1.807) is 24.3 Å². The van der Waals surface area contributed by atoms with Crippen molar-refractivity contribution in [2.45, 2.75) is 6.54 Å². The zero-order valence-electron chi connectivity index (χ0n) is 12.7. The van der Waals surface area contributed by atoms with Crippen molar-refractivity contribution in [2.24, 2.45) is 0 Å². The lowest BCUT2D eigenvalue weighted by molar-refractivity contribution is -0.384. The van der Waals surface area contributed by atoms with E-state index in [1.807, 2.05) is 0 Å². The second-order valence-corrected chi connectivity index (χ2v) is 5.45. The van der Waals surface area contributed by atoms with E-state index < -0.39 is 10.8 Å². The third-order valence-electron chi connectivity index (χ3n) is 3.29. The first-order chi connectivity index (χ1) is 12.0. The van der Waals surface area contributed by atoms with Crippen molar-refractivity contribution >= 4 is 23.2 Å². The van der Waals surface area contributed by atoms with E-state index in [0.29, 0.717) is 10.8 Å². The molecule has 126 valence electrons. The normalized spacial score (nSPS) is 10.4. The van der Waals surface area contributed by atoms with Crippen LogP contribution in [0.25, 0.3) is 11.4 Å². The van der Waals surface area contributed by atoms with Crippen molar-refractivity contribution in [2.75, 3.05) is 0 Å². The van der Waals surface area contributed by atoms with Gasteiger partial charge in [-0.15, -0.1) is 0 Å². The Morgan fingerprint density at radius 3 is 2.72 bits per heavy atom. The van der Waals surface area contributed by atoms with Crippen LogP contribution in [0.4, 0.5) is 5.69 Å². The molecule has 0 aliphatic heterocycles. The highest BCUT2D eigenvalue weighted by Gasteiger charge is 2.13. The van der Waals surface area contributed by atoms with E-state index in [4.69, 9.17) is 16.1 Å². The molecule has 9 heteroatoms. The first-order valence-electron chi connectivity index (χ1n) is 7.14. The average molecular weight is 359 g/mol. The fourth-order valence-electron chi connectivity index (χ4n) is 2.06. The molecular weight excluding hydrogens is 348 g/mol. The summed E-state index contributed by atoms with van der Waals surface area (Å²) in [5.74, 6) is 0.106. The van der Waals surface area contributed by atoms with E-state index in [0.717, 1.165) is 5.56 Å². The Labute approximate surface area is 146 Å². The van der Waals surface area contributed by atoms with E-state index in [-0.39, 0.29) is 23.7 Å². The number of benzene rings is 2. The van der Waals surface area contributed by atoms with Gasteiger partial charge in [-0.1, -0.05) is 22.8 Å². The lowest BCUT2D eigenvalue weighted by Crippen LogP contribution is -2.23. The number of nitro benzene ring substituents is 1. The maximum Gasteiger partial charge on any atom is 0.270 e. The van der Waals surface area contributed by atoms with Gasteiger partial charge in [0, 0.05) is 28.3 Å². The van der Waals surface area contributed by atoms with Crippen LogP contribution in [0.3, 0.4) is 0 Å². The summed E-state index contributed by atoms with van der Waals surface area (Å²) in [4.78, 5) is 26.4. The number of hydrogen-bond acceptors (Lipinski definition) is 6.